The van der Waals surface area contributed by atoms with E-state index in [1.807, 2.05) is 0 Å². The molecule has 0 amide bonds. The summed E-state index contributed by atoms with van der Waals surface area (Å²) in [5.74, 6) is -0.728. The molecule has 0 atom stereocenters. The van der Waals surface area contributed by atoms with Gasteiger partial charge in [0, 0.05) is 11.8 Å². The first-order chi connectivity index (χ1) is 21.1. The van der Waals surface area contributed by atoms with Crippen LogP contribution in [0.4, 0.5) is 0 Å². The van der Waals surface area contributed by atoms with Crippen LogP contribution in [0.25, 0.3) is 0 Å². The molecule has 0 spiro atoms. The van der Waals surface area contributed by atoms with Crippen LogP contribution in [-0.4, -0.2) is 32.0 Å². The molecule has 3 aromatic carbocycles. The van der Waals surface area contributed by atoms with Gasteiger partial charge in [-0.05, 0) is 55.7 Å². The van der Waals surface area contributed by atoms with Crippen molar-refractivity contribution in [3.63, 3.8) is 0 Å². The predicted molar refractivity (Wildman–Crippen MR) is 183 cm³/mol. The van der Waals surface area contributed by atoms with Crippen molar-refractivity contribution in [3.8, 4) is 0 Å². The van der Waals surface area contributed by atoms with Crippen LogP contribution in [0.5, 0.6) is 0 Å². The van der Waals surface area contributed by atoms with E-state index in [1.54, 1.807) is 0 Å². The smallest absolute Gasteiger partial charge is 0.282 e. The molecule has 6 rings (SSSR count). The van der Waals surface area contributed by atoms with Gasteiger partial charge < -0.3 is 38.2 Å². The van der Waals surface area contributed by atoms with Crippen LogP contribution < -0.4 is 39.9 Å². The maximum Gasteiger partial charge on any atom is 0.282 e. The molecule has 5 heteroatoms. The summed E-state index contributed by atoms with van der Waals surface area (Å²) in [6.45, 7) is 4.48. The molecule has 3 aromatic rings. The highest BCUT2D eigenvalue weighted by Crippen LogP contribution is 2.56. The first-order valence-corrected chi connectivity index (χ1v) is 19.1. The fourth-order valence-electron chi connectivity index (χ4n) is 6.84. The topological polar surface area (TPSA) is 27.7 Å². The number of fused-ring (bicyclic) bond motifs is 3. The van der Waals surface area contributed by atoms with Crippen LogP contribution in [-0.2, 0) is 14.2 Å². The quantitative estimate of drug-likeness (QED) is 0.0839. The molecule has 0 radical (unpaired) electrons. The van der Waals surface area contributed by atoms with E-state index < -0.39 is 13.2 Å². The van der Waals surface area contributed by atoms with Gasteiger partial charge in [-0.25, -0.2) is 0 Å². The van der Waals surface area contributed by atoms with Crippen LogP contribution in [0.2, 0.25) is 0 Å². The first-order valence-electron chi connectivity index (χ1n) is 17.1. The molecule has 0 saturated carbocycles. The highest BCUT2D eigenvalue weighted by Gasteiger charge is 2.49. The lowest BCUT2D eigenvalue weighted by atomic mass is 9.91. The van der Waals surface area contributed by atoms with Crippen LogP contribution >= 0.6 is 7.26 Å². The molecule has 3 saturated heterocycles. The average molecular weight is 729 g/mol. The molecule has 3 aliphatic heterocycles. The zero-order valence-corrected chi connectivity index (χ0v) is 30.0. The molecular formula is C39H54IO3P. The third kappa shape index (κ3) is 9.61. The minimum absolute atomic E-state index is 0. The van der Waals surface area contributed by atoms with E-state index in [-0.39, 0.29) is 29.4 Å². The molecule has 2 bridgehead atoms. The normalized spacial score (nSPS) is 21.2. The van der Waals surface area contributed by atoms with Gasteiger partial charge in [0.15, 0.2) is 0 Å². The summed E-state index contributed by atoms with van der Waals surface area (Å²) in [5.41, 5.74) is 0.0591. The van der Waals surface area contributed by atoms with Crippen molar-refractivity contribution >= 4 is 23.2 Å². The molecule has 3 fully saturated rings. The minimum atomic E-state index is -1.67. The van der Waals surface area contributed by atoms with E-state index in [9.17, 15) is 0 Å². The van der Waals surface area contributed by atoms with Gasteiger partial charge >= 0.3 is 0 Å². The van der Waals surface area contributed by atoms with Crippen molar-refractivity contribution in [1.82, 2.24) is 0 Å². The van der Waals surface area contributed by atoms with E-state index >= 15 is 0 Å². The summed E-state index contributed by atoms with van der Waals surface area (Å²) in [6, 6.07) is 34.0. The van der Waals surface area contributed by atoms with Crippen molar-refractivity contribution in [2.75, 3.05) is 26.0 Å². The maximum atomic E-state index is 5.91. The summed E-state index contributed by atoms with van der Waals surface area (Å²) in [4.78, 5) is 0. The Balaban J connectivity index is 0.00000442. The summed E-state index contributed by atoms with van der Waals surface area (Å²) in [6.07, 6.45) is 19.4. The number of halogens is 1. The van der Waals surface area contributed by atoms with Crippen LogP contribution in [0.15, 0.2) is 91.0 Å². The van der Waals surface area contributed by atoms with E-state index in [0.717, 1.165) is 32.7 Å². The van der Waals surface area contributed by atoms with Crippen LogP contribution in [0, 0.1) is 5.41 Å². The predicted octanol–water partition coefficient (Wildman–Crippen LogP) is 6.18. The Kier molecular flexibility index (Phi) is 14.7. The van der Waals surface area contributed by atoms with E-state index in [1.165, 1.54) is 99.1 Å². The zero-order valence-electron chi connectivity index (χ0n) is 26.9. The fourth-order valence-corrected chi connectivity index (χ4v) is 11.2. The number of benzene rings is 3. The van der Waals surface area contributed by atoms with Gasteiger partial charge in [-0.3, -0.25) is 0 Å². The van der Waals surface area contributed by atoms with Crippen molar-refractivity contribution in [1.29, 1.82) is 0 Å². The Hall–Kier alpha value is -1.30. The third-order valence-corrected chi connectivity index (χ3v) is 14.0. The Morgan fingerprint density at radius 2 is 0.795 bits per heavy atom. The van der Waals surface area contributed by atoms with E-state index in [4.69, 9.17) is 14.2 Å². The standard InChI is InChI=1S/C39H54O3P.HI/c1-38-32-40-39(41-33-38,42-34-38)30-22-11-9-7-5-3-2-4-6-8-10-12-23-31-43(35-24-16-13-17-25-35,36-26-18-14-19-27-36)37-28-20-15-21-29-37;/h13-21,24-29H,2-12,22-23,30-34H2,1H3;1H/q+1;/p-1. The number of rotatable bonds is 19. The monoisotopic (exact) mass is 728 g/mol. The van der Waals surface area contributed by atoms with Crippen molar-refractivity contribution in [2.45, 2.75) is 103 Å². The zero-order chi connectivity index (χ0) is 29.7. The van der Waals surface area contributed by atoms with E-state index in [2.05, 4.69) is 97.9 Å². The Morgan fingerprint density at radius 1 is 0.477 bits per heavy atom. The molecule has 44 heavy (non-hydrogen) atoms. The molecular weight excluding hydrogens is 674 g/mol. The summed E-state index contributed by atoms with van der Waals surface area (Å²) in [5, 5.41) is 4.53. The largest absolute Gasteiger partial charge is 1.00 e. The molecule has 3 aliphatic rings. The van der Waals surface area contributed by atoms with Gasteiger partial charge in [-0.1, -0.05) is 126 Å². The molecule has 0 unspecified atom stereocenters. The first kappa shape index (κ1) is 35.6. The lowest BCUT2D eigenvalue weighted by molar-refractivity contribution is -0.467. The molecule has 0 aliphatic carbocycles. The Labute approximate surface area is 285 Å². The van der Waals surface area contributed by atoms with Gasteiger partial charge in [0.1, 0.15) is 23.2 Å². The average Bonchev–Trinajstić information content (AvgIpc) is 3.07. The number of ether oxygens (including phenoxy) is 3. The van der Waals surface area contributed by atoms with E-state index in [0.29, 0.717) is 0 Å². The lowest BCUT2D eigenvalue weighted by Crippen LogP contribution is -3.00. The number of hydrogen-bond acceptors (Lipinski definition) is 3. The maximum absolute atomic E-state index is 5.91. The van der Waals surface area contributed by atoms with Gasteiger partial charge in [-0.15, -0.1) is 0 Å². The van der Waals surface area contributed by atoms with Crippen LogP contribution in [0.1, 0.15) is 96.8 Å². The molecule has 0 aromatic heterocycles. The summed E-state index contributed by atoms with van der Waals surface area (Å²) < 4.78 is 17.7. The second-order valence-electron chi connectivity index (χ2n) is 13.2. The third-order valence-electron chi connectivity index (χ3n) is 9.49. The molecule has 3 nitrogen and oxygen atoms in total. The Morgan fingerprint density at radius 3 is 1.16 bits per heavy atom. The lowest BCUT2D eigenvalue weighted by Gasteiger charge is -2.50. The van der Waals surface area contributed by atoms with Gasteiger partial charge in [0.05, 0.1) is 26.0 Å². The second kappa shape index (κ2) is 18.1. The van der Waals surface area contributed by atoms with Gasteiger partial charge in [0.25, 0.3) is 5.97 Å². The van der Waals surface area contributed by atoms with Crippen LogP contribution in [0.3, 0.4) is 0 Å². The van der Waals surface area contributed by atoms with Crippen molar-refractivity contribution < 1.29 is 38.2 Å². The van der Waals surface area contributed by atoms with Gasteiger partial charge in [0.2, 0.25) is 0 Å². The highest BCUT2D eigenvalue weighted by atomic mass is 127. The van der Waals surface area contributed by atoms with Gasteiger partial charge in [-0.2, -0.15) is 0 Å². The number of unbranched alkanes of at least 4 members (excludes halogenated alkanes) is 12. The van der Waals surface area contributed by atoms with Crippen molar-refractivity contribution in [3.05, 3.63) is 91.0 Å². The minimum Gasteiger partial charge on any atom is -1.00 e. The molecule has 240 valence electrons. The number of hydrogen-bond donors (Lipinski definition) is 0. The van der Waals surface area contributed by atoms with Crippen molar-refractivity contribution in [2.24, 2.45) is 5.41 Å². The summed E-state index contributed by atoms with van der Waals surface area (Å²) >= 11 is 0. The summed E-state index contributed by atoms with van der Waals surface area (Å²) in [7, 11) is -1.67. The SMILES string of the molecule is CC12COC(CCCCCCCCCCCCCCC[P+](c3ccccc3)(c3ccccc3)c3ccccc3)(OC1)OC2.[I-]. The fraction of sp³-hybridized carbons (Fsp3) is 0.538. The highest BCUT2D eigenvalue weighted by molar-refractivity contribution is 7.95. The molecule has 3 heterocycles. The second-order valence-corrected chi connectivity index (χ2v) is 16.9. The Bertz CT molecular complexity index is 1070. The molecule has 0 N–H and O–H groups in total.